The molecule has 1 unspecified atom stereocenters. The highest BCUT2D eigenvalue weighted by molar-refractivity contribution is 5.97. The van der Waals surface area contributed by atoms with Crippen LogP contribution in [0.15, 0.2) is 34.7 Å². The van der Waals surface area contributed by atoms with E-state index in [1.807, 2.05) is 0 Å². The van der Waals surface area contributed by atoms with E-state index in [0.717, 1.165) is 0 Å². The molecule has 0 aliphatic heterocycles. The number of rotatable bonds is 7. The molecule has 2 aromatic rings. The molecule has 144 valence electrons. The smallest absolute Gasteiger partial charge is 0.339 e. The van der Waals surface area contributed by atoms with E-state index >= 15 is 0 Å². The number of carboxylic acids is 1. The topological polar surface area (TPSA) is 109 Å². The molecule has 7 nitrogen and oxygen atoms in total. The second kappa shape index (κ2) is 8.48. The molecule has 2 rings (SSSR count). The first-order valence-electron chi connectivity index (χ1n) is 8.35. The van der Waals surface area contributed by atoms with Crippen molar-refractivity contribution in [3.05, 3.63) is 58.8 Å². The molecule has 0 fully saturated rings. The molecule has 2 amide bonds. The maximum Gasteiger partial charge on any atom is 0.339 e. The lowest BCUT2D eigenvalue weighted by Crippen LogP contribution is -2.49. The second-order valence-electron chi connectivity index (χ2n) is 6.41. The first-order chi connectivity index (χ1) is 12.7. The molecule has 0 saturated carbocycles. The van der Waals surface area contributed by atoms with Crippen molar-refractivity contribution in [1.29, 1.82) is 0 Å². The van der Waals surface area contributed by atoms with Gasteiger partial charge in [0.15, 0.2) is 0 Å². The highest BCUT2D eigenvalue weighted by Crippen LogP contribution is 2.14. The fourth-order valence-electron chi connectivity index (χ4n) is 2.49. The van der Waals surface area contributed by atoms with Crippen LogP contribution >= 0.6 is 0 Å². The number of nitrogens with one attached hydrogen (secondary N) is 2. The molecule has 0 aliphatic carbocycles. The van der Waals surface area contributed by atoms with Crippen molar-refractivity contribution < 1.29 is 28.3 Å². The third-order valence-electron chi connectivity index (χ3n) is 3.98. The lowest BCUT2D eigenvalue weighted by molar-refractivity contribution is -0.124. The minimum Gasteiger partial charge on any atom is -0.478 e. The van der Waals surface area contributed by atoms with Gasteiger partial charge in [0.1, 0.15) is 28.9 Å². The van der Waals surface area contributed by atoms with Gasteiger partial charge in [-0.1, -0.05) is 13.8 Å². The fraction of sp³-hybridized carbons (Fsp3) is 0.316. The molecule has 0 spiro atoms. The van der Waals surface area contributed by atoms with E-state index < -0.39 is 29.6 Å². The zero-order valence-electron chi connectivity index (χ0n) is 15.2. The summed E-state index contributed by atoms with van der Waals surface area (Å²) >= 11 is 0. The summed E-state index contributed by atoms with van der Waals surface area (Å²) in [6.07, 6.45) is 0. The molecule has 1 aromatic heterocycles. The van der Waals surface area contributed by atoms with Gasteiger partial charge in [-0.15, -0.1) is 0 Å². The third-order valence-corrected chi connectivity index (χ3v) is 3.98. The van der Waals surface area contributed by atoms with E-state index in [1.54, 1.807) is 13.8 Å². The number of hydrogen-bond donors (Lipinski definition) is 3. The van der Waals surface area contributed by atoms with Crippen LogP contribution in [0.25, 0.3) is 0 Å². The van der Waals surface area contributed by atoms with Crippen molar-refractivity contribution in [2.24, 2.45) is 5.92 Å². The van der Waals surface area contributed by atoms with E-state index in [4.69, 9.17) is 9.52 Å². The predicted octanol–water partition coefficient (Wildman–Crippen LogP) is 2.50. The van der Waals surface area contributed by atoms with E-state index in [2.05, 4.69) is 10.6 Å². The van der Waals surface area contributed by atoms with Crippen LogP contribution in [0, 0.1) is 18.7 Å². The Hall–Kier alpha value is -3.16. The number of carbonyl (C=O) groups excluding carboxylic acids is 2. The molecule has 0 radical (unpaired) electrons. The van der Waals surface area contributed by atoms with Gasteiger partial charge in [0.05, 0.1) is 6.54 Å². The lowest BCUT2D eigenvalue weighted by Gasteiger charge is -2.21. The van der Waals surface area contributed by atoms with Gasteiger partial charge in [0.2, 0.25) is 5.91 Å². The minimum absolute atomic E-state index is 0.0113. The number of hydrogen-bond acceptors (Lipinski definition) is 4. The van der Waals surface area contributed by atoms with E-state index in [9.17, 15) is 18.8 Å². The van der Waals surface area contributed by atoms with Crippen LogP contribution in [0.5, 0.6) is 0 Å². The Bertz CT molecular complexity index is 842. The van der Waals surface area contributed by atoms with Crippen LogP contribution in [0.2, 0.25) is 0 Å². The van der Waals surface area contributed by atoms with Gasteiger partial charge in [-0.2, -0.15) is 0 Å². The molecular formula is C19H21FN2O5. The van der Waals surface area contributed by atoms with Crippen LogP contribution in [-0.2, 0) is 11.3 Å². The van der Waals surface area contributed by atoms with Gasteiger partial charge >= 0.3 is 5.97 Å². The number of furan rings is 1. The molecule has 1 heterocycles. The van der Waals surface area contributed by atoms with Crippen molar-refractivity contribution in [1.82, 2.24) is 10.6 Å². The van der Waals surface area contributed by atoms with Crippen molar-refractivity contribution in [2.45, 2.75) is 33.4 Å². The SMILES string of the molecule is Cc1oc(CNC(=O)C(NC(=O)c2ccc(F)cc2)C(C)C)cc1C(=O)O. The van der Waals surface area contributed by atoms with Gasteiger partial charge in [-0.25, -0.2) is 9.18 Å². The molecular weight excluding hydrogens is 355 g/mol. The highest BCUT2D eigenvalue weighted by Gasteiger charge is 2.25. The van der Waals surface area contributed by atoms with E-state index in [1.165, 1.54) is 37.3 Å². The third kappa shape index (κ3) is 5.16. The zero-order valence-corrected chi connectivity index (χ0v) is 15.2. The fourth-order valence-corrected chi connectivity index (χ4v) is 2.49. The highest BCUT2D eigenvalue weighted by atomic mass is 19.1. The summed E-state index contributed by atoms with van der Waals surface area (Å²) in [5.74, 6) is -2.17. The second-order valence-corrected chi connectivity index (χ2v) is 6.41. The summed E-state index contributed by atoms with van der Waals surface area (Å²) in [6, 6.07) is 5.52. The minimum atomic E-state index is -1.11. The number of carbonyl (C=O) groups is 3. The van der Waals surface area contributed by atoms with Crippen LogP contribution in [0.1, 0.15) is 46.1 Å². The Kier molecular flexibility index (Phi) is 6.33. The van der Waals surface area contributed by atoms with Crippen molar-refractivity contribution in [2.75, 3.05) is 0 Å². The Morgan fingerprint density at radius 1 is 1.19 bits per heavy atom. The van der Waals surface area contributed by atoms with Crippen LogP contribution in [0.3, 0.4) is 0 Å². The van der Waals surface area contributed by atoms with Gasteiger partial charge < -0.3 is 20.2 Å². The average Bonchev–Trinajstić information content (AvgIpc) is 2.98. The van der Waals surface area contributed by atoms with Crippen LogP contribution < -0.4 is 10.6 Å². The number of benzene rings is 1. The number of carboxylic acid groups (broad SMARTS) is 1. The first-order valence-corrected chi connectivity index (χ1v) is 8.35. The standard InChI is InChI=1S/C19H21FN2O5/c1-10(2)16(22-17(23)12-4-6-13(20)7-5-12)18(24)21-9-14-8-15(19(25)26)11(3)27-14/h4-8,10,16H,9H2,1-3H3,(H,21,24)(H,22,23)(H,25,26). The van der Waals surface area contributed by atoms with Gasteiger partial charge in [-0.05, 0) is 43.2 Å². The monoisotopic (exact) mass is 376 g/mol. The molecule has 8 heteroatoms. The predicted molar refractivity (Wildman–Crippen MR) is 94.7 cm³/mol. The summed E-state index contributed by atoms with van der Waals surface area (Å²) in [5, 5.41) is 14.3. The molecule has 1 atom stereocenters. The Labute approximate surface area is 155 Å². The quantitative estimate of drug-likeness (QED) is 0.688. The summed E-state index contributed by atoms with van der Waals surface area (Å²) in [7, 11) is 0. The van der Waals surface area contributed by atoms with Gasteiger partial charge in [0, 0.05) is 5.56 Å². The summed E-state index contributed by atoms with van der Waals surface area (Å²) in [6.45, 7) is 5.06. The van der Waals surface area contributed by atoms with Crippen molar-refractivity contribution >= 4 is 17.8 Å². The molecule has 27 heavy (non-hydrogen) atoms. The number of aryl methyl sites for hydroxylation is 1. The maximum absolute atomic E-state index is 13.0. The largest absolute Gasteiger partial charge is 0.478 e. The maximum atomic E-state index is 13.0. The number of halogens is 1. The Morgan fingerprint density at radius 2 is 1.81 bits per heavy atom. The molecule has 0 aliphatic rings. The van der Waals surface area contributed by atoms with E-state index in [-0.39, 0.29) is 29.3 Å². The lowest BCUT2D eigenvalue weighted by atomic mass is 10.0. The first kappa shape index (κ1) is 20.2. The normalized spacial score (nSPS) is 11.9. The molecule has 1 aromatic carbocycles. The summed E-state index contributed by atoms with van der Waals surface area (Å²) < 4.78 is 18.3. The average molecular weight is 376 g/mol. The summed E-state index contributed by atoms with van der Waals surface area (Å²) in [4.78, 5) is 35.8. The number of aromatic carboxylic acids is 1. The van der Waals surface area contributed by atoms with E-state index in [0.29, 0.717) is 5.76 Å². The molecule has 0 saturated heterocycles. The Balaban J connectivity index is 2.02. The van der Waals surface area contributed by atoms with Crippen LogP contribution in [-0.4, -0.2) is 28.9 Å². The molecule has 3 N–H and O–H groups in total. The number of amides is 2. The molecule has 0 bridgehead atoms. The summed E-state index contributed by atoms with van der Waals surface area (Å²) in [5.41, 5.74) is 0.270. The van der Waals surface area contributed by atoms with Crippen molar-refractivity contribution in [3.63, 3.8) is 0 Å². The van der Waals surface area contributed by atoms with Gasteiger partial charge in [0.25, 0.3) is 5.91 Å². The zero-order chi connectivity index (χ0) is 20.1. The Morgan fingerprint density at radius 3 is 2.33 bits per heavy atom. The van der Waals surface area contributed by atoms with Crippen LogP contribution in [0.4, 0.5) is 4.39 Å². The van der Waals surface area contributed by atoms with Gasteiger partial charge in [-0.3, -0.25) is 9.59 Å². The van der Waals surface area contributed by atoms with Crippen molar-refractivity contribution in [3.8, 4) is 0 Å².